The molecule has 0 aliphatic heterocycles. The Balaban J connectivity index is 1.46. The number of esters is 1. The monoisotopic (exact) mass is 514 g/mol. The summed E-state index contributed by atoms with van der Waals surface area (Å²) in [5.41, 5.74) is -0.989. The highest BCUT2D eigenvalue weighted by molar-refractivity contribution is 5.95. The summed E-state index contributed by atoms with van der Waals surface area (Å²) in [6.07, 6.45) is 10.2. The molecule has 0 radical (unpaired) electrons. The third-order valence-corrected chi connectivity index (χ3v) is 10.8. The van der Waals surface area contributed by atoms with Crippen molar-refractivity contribution < 1.29 is 29.6 Å². The SMILES string of the molecule is C/C1=C/[C@H](O)[C@]2(O)C(/C=C(/CO)CCC1=O)[C@H](OC(=O)CC13CC4CC(CC(C4)C1)C3)C(C)(C)C[C@H]2C. The van der Waals surface area contributed by atoms with Crippen molar-refractivity contribution in [1.82, 2.24) is 0 Å². The number of carbonyl (C=O) groups excluding carboxylic acids is 2. The molecule has 0 saturated heterocycles. The van der Waals surface area contributed by atoms with E-state index >= 15 is 0 Å². The lowest BCUT2D eigenvalue weighted by molar-refractivity contribution is -0.216. The minimum absolute atomic E-state index is 0.0520. The Kier molecular flexibility index (Phi) is 7.03. The van der Waals surface area contributed by atoms with E-state index < -0.39 is 29.1 Å². The molecular formula is C31H46O6. The first-order chi connectivity index (χ1) is 17.3. The van der Waals surface area contributed by atoms with Crippen LogP contribution in [-0.4, -0.2) is 51.5 Å². The fourth-order valence-electron chi connectivity index (χ4n) is 9.47. The van der Waals surface area contributed by atoms with Gasteiger partial charge in [-0.2, -0.15) is 0 Å². The molecule has 6 aliphatic rings. The van der Waals surface area contributed by atoms with E-state index in [-0.39, 0.29) is 36.1 Å². The zero-order chi connectivity index (χ0) is 26.8. The molecule has 0 spiro atoms. The molecule has 6 heteroatoms. The summed E-state index contributed by atoms with van der Waals surface area (Å²) < 4.78 is 6.36. The smallest absolute Gasteiger partial charge is 0.306 e. The Bertz CT molecular complexity index is 956. The van der Waals surface area contributed by atoms with Crippen LogP contribution in [0.4, 0.5) is 0 Å². The number of hydrogen-bond acceptors (Lipinski definition) is 6. The summed E-state index contributed by atoms with van der Waals surface area (Å²) in [6, 6.07) is 0. The Morgan fingerprint density at radius 1 is 1.03 bits per heavy atom. The molecule has 0 aromatic carbocycles. The highest BCUT2D eigenvalue weighted by atomic mass is 16.5. The summed E-state index contributed by atoms with van der Waals surface area (Å²) in [7, 11) is 0. The van der Waals surface area contributed by atoms with Gasteiger partial charge in [-0.3, -0.25) is 9.59 Å². The number of Topliss-reactive ketones (excluding diaryl/α,β-unsaturated/α-hetero) is 1. The number of hydrogen-bond donors (Lipinski definition) is 3. The van der Waals surface area contributed by atoms with Crippen LogP contribution in [0.1, 0.15) is 91.9 Å². The van der Waals surface area contributed by atoms with Crippen molar-refractivity contribution in [3.63, 3.8) is 0 Å². The van der Waals surface area contributed by atoms with Crippen LogP contribution in [0.5, 0.6) is 0 Å². The predicted molar refractivity (Wildman–Crippen MR) is 140 cm³/mol. The van der Waals surface area contributed by atoms with Crippen LogP contribution in [0, 0.1) is 40.4 Å². The van der Waals surface area contributed by atoms with E-state index in [1.165, 1.54) is 25.3 Å². The van der Waals surface area contributed by atoms with E-state index in [0.29, 0.717) is 30.4 Å². The Morgan fingerprint density at radius 2 is 1.62 bits per heavy atom. The molecule has 5 atom stereocenters. The van der Waals surface area contributed by atoms with Gasteiger partial charge in [-0.05, 0) is 105 Å². The number of aliphatic hydroxyl groups excluding tert-OH is 2. The van der Waals surface area contributed by atoms with Gasteiger partial charge < -0.3 is 20.1 Å². The second-order valence-corrected chi connectivity index (χ2v) is 14.2. The largest absolute Gasteiger partial charge is 0.461 e. The third kappa shape index (κ3) is 4.87. The van der Waals surface area contributed by atoms with Crippen molar-refractivity contribution in [3.05, 3.63) is 23.3 Å². The van der Waals surface area contributed by atoms with Crippen LogP contribution in [0.15, 0.2) is 23.3 Å². The maximum absolute atomic E-state index is 13.7. The summed E-state index contributed by atoms with van der Waals surface area (Å²) in [4.78, 5) is 26.2. The topological polar surface area (TPSA) is 104 Å². The first-order valence-electron chi connectivity index (χ1n) is 14.5. The Morgan fingerprint density at radius 3 is 2.19 bits per heavy atom. The number of ether oxygens (including phenoxy) is 1. The number of rotatable bonds is 4. The molecule has 6 aliphatic carbocycles. The fraction of sp³-hybridized carbons (Fsp3) is 0.806. The average Bonchev–Trinajstić information content (AvgIpc) is 2.79. The molecule has 6 rings (SSSR count). The fourth-order valence-corrected chi connectivity index (χ4v) is 9.47. The lowest BCUT2D eigenvalue weighted by atomic mass is 9.49. The summed E-state index contributed by atoms with van der Waals surface area (Å²) >= 11 is 0. The lowest BCUT2D eigenvalue weighted by Gasteiger charge is -2.57. The molecule has 4 bridgehead atoms. The number of carbonyl (C=O) groups is 2. The average molecular weight is 515 g/mol. The molecular weight excluding hydrogens is 468 g/mol. The normalized spacial score (nSPS) is 47.9. The van der Waals surface area contributed by atoms with Crippen molar-refractivity contribution >= 4 is 11.8 Å². The third-order valence-electron chi connectivity index (χ3n) is 10.8. The van der Waals surface area contributed by atoms with Gasteiger partial charge in [0.2, 0.25) is 0 Å². The molecule has 0 aromatic heterocycles. The quantitative estimate of drug-likeness (QED) is 0.377. The van der Waals surface area contributed by atoms with Gasteiger partial charge >= 0.3 is 5.97 Å². The van der Waals surface area contributed by atoms with Gasteiger partial charge in [0.15, 0.2) is 5.78 Å². The predicted octanol–water partition coefficient (Wildman–Crippen LogP) is 4.51. The van der Waals surface area contributed by atoms with Gasteiger partial charge in [0, 0.05) is 17.8 Å². The first-order valence-corrected chi connectivity index (χ1v) is 14.5. The minimum Gasteiger partial charge on any atom is -0.461 e. The molecule has 1 unspecified atom stereocenters. The van der Waals surface area contributed by atoms with E-state index in [9.17, 15) is 24.9 Å². The van der Waals surface area contributed by atoms with E-state index in [4.69, 9.17) is 4.74 Å². The van der Waals surface area contributed by atoms with Crippen LogP contribution < -0.4 is 0 Å². The lowest BCUT2D eigenvalue weighted by Crippen LogP contribution is -2.64. The van der Waals surface area contributed by atoms with E-state index in [2.05, 4.69) is 13.8 Å². The van der Waals surface area contributed by atoms with E-state index in [0.717, 1.165) is 37.0 Å². The van der Waals surface area contributed by atoms with Gasteiger partial charge in [0.25, 0.3) is 0 Å². The molecule has 0 amide bonds. The second-order valence-electron chi connectivity index (χ2n) is 14.2. The Labute approximate surface area is 221 Å². The van der Waals surface area contributed by atoms with Crippen LogP contribution in [0.3, 0.4) is 0 Å². The molecule has 6 nitrogen and oxygen atoms in total. The molecule has 0 aromatic rings. The summed E-state index contributed by atoms with van der Waals surface area (Å²) in [5.74, 6) is 0.899. The van der Waals surface area contributed by atoms with Gasteiger partial charge in [-0.1, -0.05) is 26.8 Å². The second kappa shape index (κ2) is 9.60. The standard InChI is InChI=1S/C31H46O6/c1-18-7-26(34)31(36)19(2)12-29(3,4)28(24(31)11-20(17-32)5-6-25(18)33)37-27(35)16-30-13-21-8-22(14-30)10-23(9-21)15-30/h7,11,19,21-24,26,28,32,34,36H,5-6,8-10,12-17H2,1-4H3/b18-7-,20-11+/t19-,21?,22?,23?,24?,26+,28+,30?,31-/m1/s1. The Hall–Kier alpha value is -1.50. The van der Waals surface area contributed by atoms with Crippen molar-refractivity contribution in [2.24, 2.45) is 40.4 Å². The van der Waals surface area contributed by atoms with Gasteiger partial charge in [-0.15, -0.1) is 0 Å². The van der Waals surface area contributed by atoms with Crippen LogP contribution in [0.25, 0.3) is 0 Å². The number of fused-ring (bicyclic) bond motifs is 1. The van der Waals surface area contributed by atoms with E-state index in [1.54, 1.807) is 13.0 Å². The number of allylic oxidation sites excluding steroid dienone is 1. The molecule has 3 N–H and O–H groups in total. The van der Waals surface area contributed by atoms with E-state index in [1.807, 2.05) is 6.92 Å². The molecule has 5 saturated carbocycles. The zero-order valence-electron chi connectivity index (χ0n) is 23.0. The highest BCUT2D eigenvalue weighted by Gasteiger charge is 2.59. The maximum atomic E-state index is 13.7. The van der Waals surface area contributed by atoms with Crippen molar-refractivity contribution in [2.75, 3.05) is 6.61 Å². The zero-order valence-corrected chi connectivity index (χ0v) is 23.0. The van der Waals surface area contributed by atoms with Crippen molar-refractivity contribution in [2.45, 2.75) is 110 Å². The highest BCUT2D eigenvalue weighted by Crippen LogP contribution is 2.61. The van der Waals surface area contributed by atoms with Gasteiger partial charge in [-0.25, -0.2) is 0 Å². The summed E-state index contributed by atoms with van der Waals surface area (Å²) in [6.45, 7) is 7.45. The van der Waals surface area contributed by atoms with Crippen LogP contribution in [0.2, 0.25) is 0 Å². The van der Waals surface area contributed by atoms with Gasteiger partial charge in [0.05, 0.1) is 13.0 Å². The van der Waals surface area contributed by atoms with Crippen molar-refractivity contribution in [1.29, 1.82) is 0 Å². The van der Waals surface area contributed by atoms with Crippen LogP contribution >= 0.6 is 0 Å². The van der Waals surface area contributed by atoms with Gasteiger partial charge in [0.1, 0.15) is 17.8 Å². The molecule has 37 heavy (non-hydrogen) atoms. The molecule has 5 fully saturated rings. The minimum atomic E-state index is -1.64. The number of ketones is 1. The maximum Gasteiger partial charge on any atom is 0.306 e. The van der Waals surface area contributed by atoms with Crippen LogP contribution in [-0.2, 0) is 14.3 Å². The van der Waals surface area contributed by atoms with Crippen molar-refractivity contribution in [3.8, 4) is 0 Å². The first kappa shape index (κ1) is 27.1. The molecule has 206 valence electrons. The summed E-state index contributed by atoms with van der Waals surface area (Å²) in [5, 5.41) is 33.6. The number of aliphatic hydroxyl groups is 3. The molecule has 0 heterocycles.